The Morgan fingerprint density at radius 1 is 0.757 bits per heavy atom. The van der Waals surface area contributed by atoms with Gasteiger partial charge in [-0.2, -0.15) is 0 Å². The number of carboxylic acids is 2. The molecule has 0 aliphatic heterocycles. The predicted molar refractivity (Wildman–Crippen MR) is 148 cm³/mol. The number of hydrogen-bond donors (Lipinski definition) is 2. The van der Waals surface area contributed by atoms with E-state index in [2.05, 4.69) is 36.4 Å². The van der Waals surface area contributed by atoms with E-state index in [9.17, 15) is 19.8 Å². The van der Waals surface area contributed by atoms with Gasteiger partial charge in [0, 0.05) is 12.0 Å². The Bertz CT molecular complexity index is 1110. The maximum Gasteiger partial charge on any atom is 0.335 e. The van der Waals surface area contributed by atoms with Crippen molar-refractivity contribution in [2.24, 2.45) is 0 Å². The van der Waals surface area contributed by atoms with Gasteiger partial charge in [-0.05, 0) is 66.6 Å². The number of unbranched alkanes of at least 4 members (excludes halogenated alkanes) is 5. The van der Waals surface area contributed by atoms with Crippen molar-refractivity contribution < 1.29 is 24.5 Å². The molecule has 2 N–H and O–H groups in total. The fourth-order valence-corrected chi connectivity index (χ4v) is 5.80. The van der Waals surface area contributed by atoms with Gasteiger partial charge in [-0.1, -0.05) is 80.3 Å². The van der Waals surface area contributed by atoms with Crippen LogP contribution in [-0.4, -0.2) is 35.4 Å². The van der Waals surface area contributed by atoms with E-state index in [1.54, 1.807) is 12.1 Å². The summed E-state index contributed by atoms with van der Waals surface area (Å²) in [6.07, 6.45) is 8.04. The lowest BCUT2D eigenvalue weighted by atomic mass is 9.96. The second-order valence-electron chi connectivity index (χ2n) is 9.17. The van der Waals surface area contributed by atoms with Gasteiger partial charge < -0.3 is 14.9 Å². The summed E-state index contributed by atoms with van der Waals surface area (Å²) in [6.45, 7) is 0. The van der Waals surface area contributed by atoms with E-state index >= 15 is 0 Å². The van der Waals surface area contributed by atoms with Crippen molar-refractivity contribution in [3.8, 4) is 0 Å². The second kappa shape index (κ2) is 15.2. The molecule has 196 valence electrons. The molecule has 0 bridgehead atoms. The monoisotopic (exact) mass is 520 g/mol. The Balaban J connectivity index is 1.58. The van der Waals surface area contributed by atoms with Crippen LogP contribution in [0.2, 0.25) is 0 Å². The number of rotatable bonds is 16. The third kappa shape index (κ3) is 9.06. The lowest BCUT2D eigenvalue weighted by Gasteiger charge is -2.25. The summed E-state index contributed by atoms with van der Waals surface area (Å²) in [7, 11) is 1.42. The van der Waals surface area contributed by atoms with Crippen LogP contribution in [0, 0.1) is 0 Å². The molecule has 0 radical (unpaired) electrons. The fourth-order valence-electron chi connectivity index (χ4n) is 4.50. The first-order chi connectivity index (χ1) is 18.0. The number of carboxylic acid groups (broad SMARTS) is 2. The van der Waals surface area contributed by atoms with E-state index in [1.807, 2.05) is 18.2 Å². The van der Waals surface area contributed by atoms with E-state index < -0.39 is 23.3 Å². The smallest absolute Gasteiger partial charge is 0.335 e. The average molecular weight is 521 g/mol. The van der Waals surface area contributed by atoms with Crippen molar-refractivity contribution in [2.45, 2.75) is 67.6 Å². The molecule has 37 heavy (non-hydrogen) atoms. The molecule has 3 rings (SSSR count). The van der Waals surface area contributed by atoms with Crippen molar-refractivity contribution in [2.75, 3.05) is 7.11 Å². The summed E-state index contributed by atoms with van der Waals surface area (Å²) in [5, 5.41) is 18.6. The van der Waals surface area contributed by atoms with Crippen LogP contribution in [0.4, 0.5) is 0 Å². The minimum Gasteiger partial charge on any atom is -0.479 e. The van der Waals surface area contributed by atoms with Crippen LogP contribution in [0.25, 0.3) is 0 Å². The first-order valence-corrected chi connectivity index (χ1v) is 13.7. The molecule has 0 fully saturated rings. The van der Waals surface area contributed by atoms with Crippen molar-refractivity contribution in [1.82, 2.24) is 0 Å². The maximum absolute atomic E-state index is 12.1. The van der Waals surface area contributed by atoms with Crippen molar-refractivity contribution in [3.63, 3.8) is 0 Å². The third-order valence-corrected chi connectivity index (χ3v) is 7.80. The SMILES string of the molecule is CO[C@@H](C(=O)O)[C@H](Sc1ccc(C(=O)O)cc1)c1ccccc1CCCCCCCCc1ccccc1. The van der Waals surface area contributed by atoms with E-state index in [1.165, 1.54) is 62.3 Å². The minimum absolute atomic E-state index is 0.197. The van der Waals surface area contributed by atoms with Crippen molar-refractivity contribution >= 4 is 23.7 Å². The zero-order valence-electron chi connectivity index (χ0n) is 21.3. The van der Waals surface area contributed by atoms with Crippen LogP contribution in [-0.2, 0) is 22.4 Å². The van der Waals surface area contributed by atoms with Crippen molar-refractivity contribution in [1.29, 1.82) is 0 Å². The number of aromatic carboxylic acids is 1. The number of benzene rings is 3. The van der Waals surface area contributed by atoms with Gasteiger partial charge in [0.05, 0.1) is 10.8 Å². The zero-order valence-corrected chi connectivity index (χ0v) is 22.2. The van der Waals surface area contributed by atoms with Gasteiger partial charge in [-0.3, -0.25) is 0 Å². The van der Waals surface area contributed by atoms with Crippen LogP contribution in [0.5, 0.6) is 0 Å². The molecule has 0 amide bonds. The second-order valence-corrected chi connectivity index (χ2v) is 10.4. The predicted octanol–water partition coefficient (Wildman–Crippen LogP) is 7.44. The Hall–Kier alpha value is -3.09. The van der Waals surface area contributed by atoms with Crippen LogP contribution in [0.3, 0.4) is 0 Å². The number of carbonyl (C=O) groups is 2. The molecular weight excluding hydrogens is 484 g/mol. The Kier molecular flexibility index (Phi) is 11.7. The summed E-state index contributed by atoms with van der Waals surface area (Å²) < 4.78 is 5.42. The van der Waals surface area contributed by atoms with Crippen LogP contribution < -0.4 is 0 Å². The van der Waals surface area contributed by atoms with Crippen LogP contribution in [0.1, 0.15) is 70.8 Å². The highest BCUT2D eigenvalue weighted by Gasteiger charge is 2.32. The van der Waals surface area contributed by atoms with Gasteiger partial charge in [0.1, 0.15) is 0 Å². The highest BCUT2D eigenvalue weighted by Crippen LogP contribution is 2.41. The summed E-state index contributed by atoms with van der Waals surface area (Å²) in [6, 6.07) is 25.1. The molecule has 0 saturated heterocycles. The van der Waals surface area contributed by atoms with Gasteiger partial charge in [0.15, 0.2) is 6.10 Å². The Labute approximate surface area is 223 Å². The normalized spacial score (nSPS) is 12.7. The molecule has 0 aliphatic rings. The van der Waals surface area contributed by atoms with E-state index in [4.69, 9.17) is 4.74 Å². The number of ether oxygens (including phenoxy) is 1. The highest BCUT2D eigenvalue weighted by atomic mass is 32.2. The number of aliphatic carboxylic acids is 1. The lowest BCUT2D eigenvalue weighted by molar-refractivity contribution is -0.148. The van der Waals surface area contributed by atoms with Gasteiger partial charge in [-0.15, -0.1) is 11.8 Å². The van der Waals surface area contributed by atoms with E-state index in [0.29, 0.717) is 0 Å². The molecule has 2 atom stereocenters. The van der Waals surface area contributed by atoms with Gasteiger partial charge in [0.25, 0.3) is 0 Å². The lowest BCUT2D eigenvalue weighted by Crippen LogP contribution is -2.29. The quantitative estimate of drug-likeness (QED) is 0.151. The first kappa shape index (κ1) is 28.5. The Morgan fingerprint density at radius 3 is 1.97 bits per heavy atom. The molecule has 5 nitrogen and oxygen atoms in total. The largest absolute Gasteiger partial charge is 0.479 e. The molecule has 0 unspecified atom stereocenters. The molecule has 0 spiro atoms. The standard InChI is InChI=1S/C31H36O5S/c1-36-28(31(34)35)29(37-26-21-19-25(20-22-26)30(32)33)27-18-12-11-17-24(27)16-10-5-3-2-4-7-13-23-14-8-6-9-15-23/h6,8-9,11-12,14-15,17-22,28-29H,2-5,7,10,13,16H2,1H3,(H,32,33)(H,34,35)/t28-,29-/m1/s1. The number of thioether (sulfide) groups is 1. The average Bonchev–Trinajstić information content (AvgIpc) is 2.91. The molecule has 0 saturated carbocycles. The van der Waals surface area contributed by atoms with E-state index in [0.717, 1.165) is 41.7 Å². The highest BCUT2D eigenvalue weighted by molar-refractivity contribution is 7.99. The number of methoxy groups -OCH3 is 1. The fraction of sp³-hybridized carbons (Fsp3) is 0.355. The molecule has 3 aromatic rings. The maximum atomic E-state index is 12.1. The van der Waals surface area contributed by atoms with Crippen molar-refractivity contribution in [3.05, 3.63) is 101 Å². The molecule has 0 aromatic heterocycles. The summed E-state index contributed by atoms with van der Waals surface area (Å²) in [5.41, 5.74) is 3.68. The van der Waals surface area contributed by atoms with E-state index in [-0.39, 0.29) is 5.56 Å². The van der Waals surface area contributed by atoms with Gasteiger partial charge in [0.2, 0.25) is 0 Å². The molecule has 3 aromatic carbocycles. The first-order valence-electron chi connectivity index (χ1n) is 12.9. The summed E-state index contributed by atoms with van der Waals surface area (Å²) in [5.74, 6) is -2.01. The minimum atomic E-state index is -1.03. The van der Waals surface area contributed by atoms with Crippen LogP contribution >= 0.6 is 11.8 Å². The molecule has 0 heterocycles. The molecular formula is C31H36O5S. The Morgan fingerprint density at radius 2 is 1.35 bits per heavy atom. The summed E-state index contributed by atoms with van der Waals surface area (Å²) in [4.78, 5) is 24.0. The molecule has 6 heteroatoms. The van der Waals surface area contributed by atoms with Gasteiger partial charge >= 0.3 is 11.9 Å². The third-order valence-electron chi connectivity index (χ3n) is 6.50. The van der Waals surface area contributed by atoms with Crippen LogP contribution in [0.15, 0.2) is 83.8 Å². The number of aryl methyl sites for hydroxylation is 2. The van der Waals surface area contributed by atoms with Gasteiger partial charge in [-0.25, -0.2) is 9.59 Å². The molecule has 0 aliphatic carbocycles. The summed E-state index contributed by atoms with van der Waals surface area (Å²) >= 11 is 1.39. The number of hydrogen-bond acceptors (Lipinski definition) is 4. The topological polar surface area (TPSA) is 83.8 Å². The zero-order chi connectivity index (χ0) is 26.5.